The fourth-order valence-corrected chi connectivity index (χ4v) is 2.76. The summed E-state index contributed by atoms with van der Waals surface area (Å²) in [6.45, 7) is 13.2. The van der Waals surface area contributed by atoms with Crippen LogP contribution in [0.3, 0.4) is 0 Å². The maximum atomic E-state index is 12.9. The Morgan fingerprint density at radius 3 is 2.62 bits per heavy atom. The van der Waals surface area contributed by atoms with Crippen LogP contribution >= 0.6 is 0 Å². The molecule has 0 N–H and O–H groups in total. The summed E-state index contributed by atoms with van der Waals surface area (Å²) in [5.41, 5.74) is 2.35. The first-order chi connectivity index (χ1) is 11.4. The highest BCUT2D eigenvalue weighted by Crippen LogP contribution is 2.14. The number of carbonyl (C=O) groups is 1. The lowest BCUT2D eigenvalue weighted by Crippen LogP contribution is -2.36. The lowest BCUT2D eigenvalue weighted by Gasteiger charge is -2.25. The molecular weight excluding hydrogens is 300 g/mol. The van der Waals surface area contributed by atoms with E-state index in [1.807, 2.05) is 37.8 Å². The van der Waals surface area contributed by atoms with Crippen molar-refractivity contribution in [3.8, 4) is 0 Å². The van der Waals surface area contributed by atoms with Gasteiger partial charge < -0.3 is 4.90 Å². The first-order valence-corrected chi connectivity index (χ1v) is 8.24. The molecule has 1 atom stereocenters. The summed E-state index contributed by atoms with van der Waals surface area (Å²) in [7, 11) is 0. The Kier molecular flexibility index (Phi) is 5.90. The smallest absolute Gasteiger partial charge is 0.227 e. The molecule has 5 heteroatoms. The summed E-state index contributed by atoms with van der Waals surface area (Å²) >= 11 is 0. The first-order valence-electron chi connectivity index (χ1n) is 8.24. The molecule has 0 saturated carbocycles. The van der Waals surface area contributed by atoms with Gasteiger partial charge in [-0.1, -0.05) is 37.3 Å². The van der Waals surface area contributed by atoms with E-state index in [0.717, 1.165) is 17.2 Å². The van der Waals surface area contributed by atoms with Crippen molar-refractivity contribution in [2.45, 2.75) is 40.8 Å². The highest BCUT2D eigenvalue weighted by atomic mass is 16.2. The van der Waals surface area contributed by atoms with Gasteiger partial charge >= 0.3 is 0 Å². The Morgan fingerprint density at radius 1 is 1.33 bits per heavy atom. The molecule has 24 heavy (non-hydrogen) atoms. The summed E-state index contributed by atoms with van der Waals surface area (Å²) in [5.74, 6) is 1.50. The third-order valence-electron chi connectivity index (χ3n) is 4.11. The van der Waals surface area contributed by atoms with Gasteiger partial charge in [-0.3, -0.25) is 4.79 Å². The molecule has 2 rings (SSSR count). The predicted octanol–water partition coefficient (Wildman–Crippen LogP) is 3.05. The Bertz CT molecular complexity index is 720. The lowest BCUT2D eigenvalue weighted by molar-refractivity contribution is -0.135. The molecule has 128 valence electrons. The summed E-state index contributed by atoms with van der Waals surface area (Å²) in [5, 5.41) is 4.35. The number of aromatic nitrogens is 3. The second kappa shape index (κ2) is 7.90. The van der Waals surface area contributed by atoms with Gasteiger partial charge in [0.05, 0.1) is 12.5 Å². The van der Waals surface area contributed by atoms with Crippen LogP contribution in [0.4, 0.5) is 0 Å². The van der Waals surface area contributed by atoms with Gasteiger partial charge in [0.1, 0.15) is 11.6 Å². The highest BCUT2D eigenvalue weighted by Gasteiger charge is 2.22. The van der Waals surface area contributed by atoms with Gasteiger partial charge in [0.2, 0.25) is 5.91 Å². The number of carbonyl (C=O) groups excluding carboxylic acids is 1. The van der Waals surface area contributed by atoms with Crippen LogP contribution in [0.2, 0.25) is 0 Å². The topological polar surface area (TPSA) is 51.0 Å². The third kappa shape index (κ3) is 4.31. The lowest BCUT2D eigenvalue weighted by atomic mass is 10.1. The SMILES string of the molecule is C=CCN(Cc1ccccc1C)C(=O)[C@H](C)Cn1nc(C)nc1C. The van der Waals surface area contributed by atoms with Crippen LogP contribution in [-0.4, -0.2) is 32.1 Å². The first kappa shape index (κ1) is 17.9. The van der Waals surface area contributed by atoms with E-state index in [0.29, 0.717) is 19.6 Å². The molecule has 1 heterocycles. The molecular formula is C19H26N4O. The molecule has 0 saturated heterocycles. The molecule has 0 spiro atoms. The van der Waals surface area contributed by atoms with Crippen LogP contribution < -0.4 is 0 Å². The number of rotatable bonds is 7. The van der Waals surface area contributed by atoms with Crippen molar-refractivity contribution in [2.24, 2.45) is 5.92 Å². The van der Waals surface area contributed by atoms with Crippen LogP contribution in [0.15, 0.2) is 36.9 Å². The van der Waals surface area contributed by atoms with E-state index in [-0.39, 0.29) is 11.8 Å². The molecule has 0 unspecified atom stereocenters. The van der Waals surface area contributed by atoms with Crippen molar-refractivity contribution < 1.29 is 4.79 Å². The predicted molar refractivity (Wildman–Crippen MR) is 95.5 cm³/mol. The molecule has 0 aliphatic heterocycles. The quantitative estimate of drug-likeness (QED) is 0.735. The fourth-order valence-electron chi connectivity index (χ4n) is 2.76. The Labute approximate surface area is 144 Å². The van der Waals surface area contributed by atoms with Gasteiger partial charge in [-0.15, -0.1) is 6.58 Å². The van der Waals surface area contributed by atoms with Crippen molar-refractivity contribution in [3.05, 3.63) is 59.7 Å². The normalized spacial score (nSPS) is 12.0. The maximum absolute atomic E-state index is 12.9. The Balaban J connectivity index is 2.11. The number of nitrogens with zero attached hydrogens (tertiary/aromatic N) is 4. The summed E-state index contributed by atoms with van der Waals surface area (Å²) in [6, 6.07) is 8.14. The van der Waals surface area contributed by atoms with Gasteiger partial charge in [0.15, 0.2) is 0 Å². The van der Waals surface area contributed by atoms with E-state index in [1.165, 1.54) is 5.56 Å². The van der Waals surface area contributed by atoms with Gasteiger partial charge in [-0.25, -0.2) is 9.67 Å². The average molecular weight is 326 g/mol. The zero-order chi connectivity index (χ0) is 17.7. The average Bonchev–Trinajstić information content (AvgIpc) is 2.85. The van der Waals surface area contributed by atoms with Gasteiger partial charge in [0.25, 0.3) is 0 Å². The number of benzene rings is 1. The summed E-state index contributed by atoms with van der Waals surface area (Å²) < 4.78 is 1.80. The molecule has 0 aliphatic rings. The second-order valence-electron chi connectivity index (χ2n) is 6.22. The minimum Gasteiger partial charge on any atom is -0.334 e. The van der Waals surface area contributed by atoms with Crippen molar-refractivity contribution in [2.75, 3.05) is 6.54 Å². The van der Waals surface area contributed by atoms with Crippen molar-refractivity contribution >= 4 is 5.91 Å². The zero-order valence-electron chi connectivity index (χ0n) is 15.0. The van der Waals surface area contributed by atoms with Crippen molar-refractivity contribution in [1.29, 1.82) is 0 Å². The second-order valence-corrected chi connectivity index (χ2v) is 6.22. The third-order valence-corrected chi connectivity index (χ3v) is 4.11. The molecule has 1 aromatic heterocycles. The molecule has 0 fully saturated rings. The largest absolute Gasteiger partial charge is 0.334 e. The number of hydrogen-bond donors (Lipinski definition) is 0. The Morgan fingerprint density at radius 2 is 2.04 bits per heavy atom. The highest BCUT2D eigenvalue weighted by molar-refractivity contribution is 5.78. The van der Waals surface area contributed by atoms with Crippen LogP contribution in [0.1, 0.15) is 29.7 Å². The standard InChI is InChI=1S/C19H26N4O/c1-6-11-22(13-18-10-8-7-9-14(18)2)19(24)15(3)12-23-17(5)20-16(4)21-23/h6-10,15H,1,11-13H2,2-5H3/t15-/m1/s1. The summed E-state index contributed by atoms with van der Waals surface area (Å²) in [4.78, 5) is 19.0. The van der Waals surface area contributed by atoms with Crippen LogP contribution in [-0.2, 0) is 17.9 Å². The summed E-state index contributed by atoms with van der Waals surface area (Å²) in [6.07, 6.45) is 1.77. The van der Waals surface area contributed by atoms with E-state index in [9.17, 15) is 4.79 Å². The molecule has 1 aromatic carbocycles. The van der Waals surface area contributed by atoms with E-state index >= 15 is 0 Å². The maximum Gasteiger partial charge on any atom is 0.227 e. The number of aryl methyl sites for hydroxylation is 3. The van der Waals surface area contributed by atoms with Gasteiger partial charge in [-0.05, 0) is 31.9 Å². The molecule has 0 radical (unpaired) electrons. The van der Waals surface area contributed by atoms with E-state index in [4.69, 9.17) is 0 Å². The van der Waals surface area contributed by atoms with E-state index in [1.54, 1.807) is 10.8 Å². The zero-order valence-corrected chi connectivity index (χ0v) is 15.0. The van der Waals surface area contributed by atoms with Gasteiger partial charge in [-0.2, -0.15) is 5.10 Å². The minimum absolute atomic E-state index is 0.103. The van der Waals surface area contributed by atoms with Crippen molar-refractivity contribution in [3.63, 3.8) is 0 Å². The molecule has 1 amide bonds. The number of hydrogen-bond acceptors (Lipinski definition) is 3. The van der Waals surface area contributed by atoms with E-state index < -0.39 is 0 Å². The van der Waals surface area contributed by atoms with Crippen molar-refractivity contribution in [1.82, 2.24) is 19.7 Å². The van der Waals surface area contributed by atoms with Crippen LogP contribution in [0, 0.1) is 26.7 Å². The minimum atomic E-state index is -0.172. The van der Waals surface area contributed by atoms with Gasteiger partial charge in [0, 0.05) is 13.1 Å². The van der Waals surface area contributed by atoms with E-state index in [2.05, 4.69) is 35.7 Å². The Hall–Kier alpha value is -2.43. The molecule has 0 bridgehead atoms. The fraction of sp³-hybridized carbons (Fsp3) is 0.421. The molecule has 2 aromatic rings. The molecule has 0 aliphatic carbocycles. The molecule has 5 nitrogen and oxygen atoms in total. The monoisotopic (exact) mass is 326 g/mol. The van der Waals surface area contributed by atoms with Crippen LogP contribution in [0.25, 0.3) is 0 Å². The van der Waals surface area contributed by atoms with Crippen LogP contribution in [0.5, 0.6) is 0 Å². The number of amides is 1.